The van der Waals surface area contributed by atoms with Gasteiger partial charge in [0.1, 0.15) is 0 Å². The van der Waals surface area contributed by atoms with Crippen molar-refractivity contribution in [1.29, 1.82) is 0 Å². The first kappa shape index (κ1) is 28.5. The number of benzene rings is 2. The maximum absolute atomic E-state index is 11.8. The summed E-state index contributed by atoms with van der Waals surface area (Å²) in [5, 5.41) is 0. The molecule has 0 bridgehead atoms. The van der Waals surface area contributed by atoms with E-state index in [1.54, 1.807) is 30.3 Å². The molecular weight excluding hydrogens is 496 g/mol. The second-order valence-electron chi connectivity index (χ2n) is 9.01. The van der Waals surface area contributed by atoms with Crippen molar-refractivity contribution in [2.75, 3.05) is 27.4 Å². The molecule has 10 heteroatoms. The van der Waals surface area contributed by atoms with Gasteiger partial charge in [-0.3, -0.25) is 19.2 Å². The number of esters is 4. The van der Waals surface area contributed by atoms with Crippen LogP contribution in [0.4, 0.5) is 0 Å². The highest BCUT2D eigenvalue weighted by Gasteiger charge is 2.40. The molecule has 10 nitrogen and oxygen atoms in total. The average Bonchev–Trinajstić information content (AvgIpc) is 2.85. The molecule has 2 aromatic rings. The zero-order valence-electron chi connectivity index (χ0n) is 22.3. The first-order valence-electron chi connectivity index (χ1n) is 12.1. The summed E-state index contributed by atoms with van der Waals surface area (Å²) in [6.45, 7) is 5.41. The Balaban J connectivity index is 2.23. The van der Waals surface area contributed by atoms with Gasteiger partial charge in [0.05, 0.1) is 27.4 Å². The fourth-order valence-corrected chi connectivity index (χ4v) is 4.81. The summed E-state index contributed by atoms with van der Waals surface area (Å²) in [5.74, 6) is -1.61. The number of methoxy groups -OCH3 is 2. The minimum Gasteiger partial charge on any atom is -0.493 e. The molecule has 1 aliphatic rings. The monoisotopic (exact) mass is 528 g/mol. The number of ether oxygens (including phenoxy) is 6. The SMILES string of the molecule is COc1cc([C@H]2c3cc(OC(C)=O)c(OC)cc3C[C@@H](COC(C)=O)[C@@H]2COC(C)=O)ccc1OC(C)=O. The van der Waals surface area contributed by atoms with Crippen LogP contribution in [-0.2, 0) is 35.1 Å². The van der Waals surface area contributed by atoms with Crippen LogP contribution in [0.5, 0.6) is 23.0 Å². The van der Waals surface area contributed by atoms with Gasteiger partial charge in [-0.1, -0.05) is 6.07 Å². The smallest absolute Gasteiger partial charge is 0.308 e. The highest BCUT2D eigenvalue weighted by atomic mass is 16.6. The van der Waals surface area contributed by atoms with Crippen molar-refractivity contribution in [2.45, 2.75) is 40.0 Å². The first-order valence-corrected chi connectivity index (χ1v) is 12.1. The molecule has 0 spiro atoms. The van der Waals surface area contributed by atoms with Gasteiger partial charge in [0.15, 0.2) is 23.0 Å². The fourth-order valence-electron chi connectivity index (χ4n) is 4.81. The molecule has 0 amide bonds. The molecule has 1 aliphatic carbocycles. The average molecular weight is 529 g/mol. The predicted molar refractivity (Wildman–Crippen MR) is 134 cm³/mol. The summed E-state index contributed by atoms with van der Waals surface area (Å²) < 4.78 is 32.5. The number of carbonyl (C=O) groups is 4. The Hall–Kier alpha value is -4.08. The Bertz CT molecular complexity index is 1220. The molecule has 0 aromatic heterocycles. The highest BCUT2D eigenvalue weighted by Crippen LogP contribution is 2.48. The van der Waals surface area contributed by atoms with E-state index in [1.807, 2.05) is 0 Å². The molecule has 0 fully saturated rings. The van der Waals surface area contributed by atoms with Crippen LogP contribution in [0.2, 0.25) is 0 Å². The Kier molecular flexibility index (Phi) is 9.33. The lowest BCUT2D eigenvalue weighted by molar-refractivity contribution is -0.147. The van der Waals surface area contributed by atoms with Crippen LogP contribution in [0.15, 0.2) is 30.3 Å². The number of fused-ring (bicyclic) bond motifs is 1. The third kappa shape index (κ3) is 6.81. The molecule has 3 rings (SSSR count). The van der Waals surface area contributed by atoms with Crippen LogP contribution in [-0.4, -0.2) is 51.3 Å². The number of hydrogen-bond acceptors (Lipinski definition) is 10. The molecule has 0 saturated carbocycles. The first-order chi connectivity index (χ1) is 18.0. The summed E-state index contributed by atoms with van der Waals surface area (Å²) >= 11 is 0. The Morgan fingerprint density at radius 2 is 1.29 bits per heavy atom. The van der Waals surface area contributed by atoms with E-state index in [-0.39, 0.29) is 36.5 Å². The van der Waals surface area contributed by atoms with Gasteiger partial charge in [-0.15, -0.1) is 0 Å². The summed E-state index contributed by atoms with van der Waals surface area (Å²) in [6.07, 6.45) is 0.490. The molecule has 0 N–H and O–H groups in total. The van der Waals surface area contributed by atoms with Crippen LogP contribution >= 0.6 is 0 Å². The van der Waals surface area contributed by atoms with Crippen LogP contribution < -0.4 is 18.9 Å². The van der Waals surface area contributed by atoms with Crippen molar-refractivity contribution in [2.24, 2.45) is 11.8 Å². The molecule has 0 radical (unpaired) electrons. The second-order valence-corrected chi connectivity index (χ2v) is 9.01. The Morgan fingerprint density at radius 1 is 0.711 bits per heavy atom. The van der Waals surface area contributed by atoms with Gasteiger partial charge in [0.25, 0.3) is 0 Å². The van der Waals surface area contributed by atoms with E-state index < -0.39 is 29.8 Å². The van der Waals surface area contributed by atoms with E-state index in [0.29, 0.717) is 17.9 Å². The lowest BCUT2D eigenvalue weighted by Crippen LogP contribution is -2.37. The molecule has 0 aliphatic heterocycles. The van der Waals surface area contributed by atoms with Crippen LogP contribution in [0.1, 0.15) is 50.3 Å². The molecule has 3 atom stereocenters. The number of carbonyl (C=O) groups excluding carboxylic acids is 4. The topological polar surface area (TPSA) is 124 Å². The van der Waals surface area contributed by atoms with Crippen molar-refractivity contribution >= 4 is 23.9 Å². The summed E-state index contributed by atoms with van der Waals surface area (Å²) in [5.41, 5.74) is 2.48. The van der Waals surface area contributed by atoms with Crippen LogP contribution in [0, 0.1) is 11.8 Å². The maximum atomic E-state index is 11.8. The molecule has 0 unspecified atom stereocenters. The van der Waals surface area contributed by atoms with Gasteiger partial charge in [-0.2, -0.15) is 0 Å². The van der Waals surface area contributed by atoms with E-state index in [0.717, 1.165) is 16.7 Å². The highest BCUT2D eigenvalue weighted by molar-refractivity contribution is 5.72. The lowest BCUT2D eigenvalue weighted by Gasteiger charge is -2.40. The number of hydrogen-bond donors (Lipinski definition) is 0. The minimum atomic E-state index is -0.507. The third-order valence-corrected chi connectivity index (χ3v) is 6.31. The minimum absolute atomic E-state index is 0.0499. The molecule has 38 heavy (non-hydrogen) atoms. The van der Waals surface area contributed by atoms with Gasteiger partial charge in [-0.25, -0.2) is 0 Å². The van der Waals surface area contributed by atoms with Gasteiger partial charge < -0.3 is 28.4 Å². The molecule has 0 saturated heterocycles. The summed E-state index contributed by atoms with van der Waals surface area (Å²) in [7, 11) is 2.94. The van der Waals surface area contributed by atoms with E-state index in [2.05, 4.69) is 0 Å². The van der Waals surface area contributed by atoms with E-state index in [1.165, 1.54) is 41.9 Å². The Labute approximate surface area is 221 Å². The largest absolute Gasteiger partial charge is 0.493 e. The second kappa shape index (κ2) is 12.4. The zero-order valence-corrected chi connectivity index (χ0v) is 22.3. The molecule has 2 aromatic carbocycles. The van der Waals surface area contributed by atoms with Crippen molar-refractivity contribution in [1.82, 2.24) is 0 Å². The van der Waals surface area contributed by atoms with E-state index in [9.17, 15) is 19.2 Å². The number of rotatable bonds is 9. The van der Waals surface area contributed by atoms with Gasteiger partial charge in [-0.05, 0) is 47.4 Å². The molecule has 204 valence electrons. The predicted octanol–water partition coefficient (Wildman–Crippen LogP) is 3.60. The zero-order chi connectivity index (χ0) is 28.0. The summed E-state index contributed by atoms with van der Waals surface area (Å²) in [4.78, 5) is 46.9. The van der Waals surface area contributed by atoms with Gasteiger partial charge >= 0.3 is 23.9 Å². The van der Waals surface area contributed by atoms with E-state index >= 15 is 0 Å². The maximum Gasteiger partial charge on any atom is 0.308 e. The van der Waals surface area contributed by atoms with Crippen molar-refractivity contribution < 1.29 is 47.6 Å². The van der Waals surface area contributed by atoms with Crippen LogP contribution in [0.25, 0.3) is 0 Å². The quantitative estimate of drug-likeness (QED) is 0.352. The van der Waals surface area contributed by atoms with Gasteiger partial charge in [0.2, 0.25) is 0 Å². The standard InChI is InChI=1S/C28H32O10/c1-15(29)35-13-21-9-20-11-26(34-6)27(38-18(4)32)12-22(20)28(23(21)14-36-16(2)30)19-7-8-24(37-17(3)31)25(10-19)33-5/h7-8,10-12,21,23,28H,9,13-14H2,1-6H3/t21-,23-,28-/m0/s1. The molecular formula is C28H32O10. The third-order valence-electron chi connectivity index (χ3n) is 6.31. The fraction of sp³-hybridized carbons (Fsp3) is 0.429. The van der Waals surface area contributed by atoms with Crippen LogP contribution in [0.3, 0.4) is 0 Å². The van der Waals surface area contributed by atoms with Crippen molar-refractivity contribution in [3.8, 4) is 23.0 Å². The van der Waals surface area contributed by atoms with Crippen molar-refractivity contribution in [3.63, 3.8) is 0 Å². The Morgan fingerprint density at radius 3 is 1.87 bits per heavy atom. The van der Waals surface area contributed by atoms with Crippen molar-refractivity contribution in [3.05, 3.63) is 47.0 Å². The summed E-state index contributed by atoms with van der Waals surface area (Å²) in [6, 6.07) is 8.71. The normalized spacial score (nSPS) is 18.0. The van der Waals surface area contributed by atoms with E-state index in [4.69, 9.17) is 28.4 Å². The lowest BCUT2D eigenvalue weighted by atomic mass is 9.66. The molecule has 0 heterocycles. The van der Waals surface area contributed by atoms with Gasteiger partial charge in [0, 0.05) is 45.4 Å².